The van der Waals surface area contributed by atoms with Crippen LogP contribution in [0.5, 0.6) is 0 Å². The Labute approximate surface area is 370 Å². The fourth-order valence-electron chi connectivity index (χ4n) is 5.28. The Hall–Kier alpha value is -3.37. The monoisotopic (exact) mass is 872 g/mol. The van der Waals surface area contributed by atoms with E-state index in [9.17, 15) is 24.2 Å². The maximum Gasteiger partial charge on any atom is 0.306 e. The summed E-state index contributed by atoms with van der Waals surface area (Å²) in [6, 6.07) is 0. The van der Waals surface area contributed by atoms with Gasteiger partial charge < -0.3 is 33.0 Å². The van der Waals surface area contributed by atoms with E-state index in [0.29, 0.717) is 43.1 Å². The number of phosphoric acid groups is 1. The summed E-state index contributed by atoms with van der Waals surface area (Å²) in [7, 11) is 1.05. The summed E-state index contributed by atoms with van der Waals surface area (Å²) >= 11 is 0. The van der Waals surface area contributed by atoms with Crippen LogP contribution in [0.2, 0.25) is 0 Å². The second-order valence-corrected chi connectivity index (χ2v) is 17.3. The van der Waals surface area contributed by atoms with Crippen molar-refractivity contribution in [2.45, 2.75) is 148 Å². The van der Waals surface area contributed by atoms with Gasteiger partial charge in [-0.05, 0) is 89.9 Å². The molecule has 346 valence electrons. The number of quaternary nitrogens is 1. The topological polar surface area (TPSA) is 131 Å². The SMILES string of the molecule is CC/C=C\C/C=C\CC(O)/C=C/C=C\C/C=C\CCCC(=O)O[C@H](COC(=O)CCCCC/C=C\C/C=C\C/C=C\C/C=C\CCCCC)COP(=O)([O-])OCC[N+](C)(C)C. The van der Waals surface area contributed by atoms with Crippen LogP contribution in [0.1, 0.15) is 136 Å². The summed E-state index contributed by atoms with van der Waals surface area (Å²) in [4.78, 5) is 37.6. The van der Waals surface area contributed by atoms with Gasteiger partial charge in [0.1, 0.15) is 19.8 Å². The van der Waals surface area contributed by atoms with Gasteiger partial charge in [-0.15, -0.1) is 0 Å². The van der Waals surface area contributed by atoms with Crippen LogP contribution in [0.4, 0.5) is 0 Å². The first kappa shape index (κ1) is 57.6. The van der Waals surface area contributed by atoms with Crippen molar-refractivity contribution in [1.82, 2.24) is 0 Å². The lowest BCUT2D eigenvalue weighted by Gasteiger charge is -2.28. The molecule has 0 spiro atoms. The summed E-state index contributed by atoms with van der Waals surface area (Å²) in [5.74, 6) is -0.991. The third-order valence-corrected chi connectivity index (χ3v) is 9.82. The Morgan fingerprint density at radius 2 is 1.16 bits per heavy atom. The molecule has 2 unspecified atom stereocenters. The fraction of sp³-hybridized carbons (Fsp3) is 0.600. The number of esters is 2. The van der Waals surface area contributed by atoms with Gasteiger partial charge in [-0.2, -0.15) is 0 Å². The van der Waals surface area contributed by atoms with Gasteiger partial charge in [-0.1, -0.05) is 142 Å². The van der Waals surface area contributed by atoms with Crippen LogP contribution in [0.3, 0.4) is 0 Å². The predicted molar refractivity (Wildman–Crippen MR) is 251 cm³/mol. The number of aliphatic hydroxyl groups excluding tert-OH is 1. The lowest BCUT2D eigenvalue weighted by Crippen LogP contribution is -2.37. The Morgan fingerprint density at radius 3 is 1.77 bits per heavy atom. The molecule has 0 rings (SSSR count). The molecular formula is C50H82NO9P. The van der Waals surface area contributed by atoms with E-state index < -0.39 is 38.6 Å². The number of aliphatic hydroxyl groups is 1. The minimum absolute atomic E-state index is 0.0648. The van der Waals surface area contributed by atoms with Crippen LogP contribution in [0.15, 0.2) is 109 Å². The normalized spacial score (nSPS) is 15.1. The second-order valence-electron chi connectivity index (χ2n) is 15.9. The van der Waals surface area contributed by atoms with Crippen LogP contribution in [-0.2, 0) is 32.7 Å². The molecule has 0 aliphatic heterocycles. The molecule has 0 aliphatic carbocycles. The number of nitrogens with zero attached hydrogens (tertiary/aromatic N) is 1. The van der Waals surface area contributed by atoms with E-state index in [-0.39, 0.29) is 26.1 Å². The zero-order valence-electron chi connectivity index (χ0n) is 38.4. The van der Waals surface area contributed by atoms with Crippen LogP contribution in [-0.4, -0.2) is 81.2 Å². The minimum atomic E-state index is -4.67. The molecule has 0 aromatic carbocycles. The number of carbonyl (C=O) groups excluding carboxylic acids is 2. The quantitative estimate of drug-likeness (QED) is 0.0160. The zero-order valence-corrected chi connectivity index (χ0v) is 39.3. The highest BCUT2D eigenvalue weighted by molar-refractivity contribution is 7.45. The number of ether oxygens (including phenoxy) is 2. The lowest BCUT2D eigenvalue weighted by atomic mass is 10.1. The molecular weight excluding hydrogens is 790 g/mol. The number of rotatable bonds is 39. The molecule has 10 nitrogen and oxygen atoms in total. The van der Waals surface area contributed by atoms with Crippen LogP contribution >= 0.6 is 7.82 Å². The highest BCUT2D eigenvalue weighted by Gasteiger charge is 2.21. The zero-order chi connectivity index (χ0) is 45.1. The summed E-state index contributed by atoms with van der Waals surface area (Å²) in [5, 5.41) is 10.0. The molecule has 0 aromatic heterocycles. The fourth-order valence-corrected chi connectivity index (χ4v) is 6.01. The highest BCUT2D eigenvalue weighted by atomic mass is 31.2. The summed E-state index contributed by atoms with van der Waals surface area (Å²) < 4.78 is 33.8. The molecule has 1 N–H and O–H groups in total. The van der Waals surface area contributed by atoms with Crippen molar-refractivity contribution >= 4 is 19.8 Å². The summed E-state index contributed by atoms with van der Waals surface area (Å²) in [5.41, 5.74) is 0. The first-order valence-corrected chi connectivity index (χ1v) is 24.2. The largest absolute Gasteiger partial charge is 0.756 e. The van der Waals surface area contributed by atoms with Crippen LogP contribution in [0.25, 0.3) is 0 Å². The average molecular weight is 872 g/mol. The number of phosphoric ester groups is 1. The number of hydrogen-bond acceptors (Lipinski definition) is 9. The van der Waals surface area contributed by atoms with E-state index in [2.05, 4.69) is 74.6 Å². The maximum absolute atomic E-state index is 12.7. The first-order chi connectivity index (χ1) is 29.4. The third kappa shape index (κ3) is 44.5. The molecule has 61 heavy (non-hydrogen) atoms. The first-order valence-electron chi connectivity index (χ1n) is 22.7. The molecule has 0 aromatic rings. The molecule has 3 atom stereocenters. The van der Waals surface area contributed by atoms with E-state index >= 15 is 0 Å². The molecule has 0 heterocycles. The predicted octanol–water partition coefficient (Wildman–Crippen LogP) is 11.5. The van der Waals surface area contributed by atoms with E-state index in [1.54, 1.807) is 6.08 Å². The molecule has 11 heteroatoms. The van der Waals surface area contributed by atoms with Crippen LogP contribution < -0.4 is 4.89 Å². The van der Waals surface area contributed by atoms with E-state index in [0.717, 1.165) is 51.4 Å². The van der Waals surface area contributed by atoms with Crippen molar-refractivity contribution in [3.63, 3.8) is 0 Å². The average Bonchev–Trinajstić information content (AvgIpc) is 3.21. The van der Waals surface area contributed by atoms with E-state index in [1.165, 1.54) is 25.7 Å². The number of allylic oxidation sites excluding steroid dienone is 16. The lowest BCUT2D eigenvalue weighted by molar-refractivity contribution is -0.870. The van der Waals surface area contributed by atoms with Crippen molar-refractivity contribution in [3.8, 4) is 0 Å². The van der Waals surface area contributed by atoms with Crippen molar-refractivity contribution in [2.24, 2.45) is 0 Å². The molecule has 0 bridgehead atoms. The van der Waals surface area contributed by atoms with Gasteiger partial charge >= 0.3 is 11.9 Å². The van der Waals surface area contributed by atoms with Crippen molar-refractivity contribution in [3.05, 3.63) is 109 Å². The molecule has 0 fully saturated rings. The molecule has 0 radical (unpaired) electrons. The Kier molecular flexibility index (Phi) is 38.4. The van der Waals surface area contributed by atoms with Crippen molar-refractivity contribution < 1.29 is 47.2 Å². The molecule has 0 saturated heterocycles. The van der Waals surface area contributed by atoms with Crippen molar-refractivity contribution in [1.29, 1.82) is 0 Å². The summed E-state index contributed by atoms with van der Waals surface area (Å²) in [6.07, 6.45) is 51.5. The van der Waals surface area contributed by atoms with E-state index in [4.69, 9.17) is 18.5 Å². The molecule has 0 aliphatic rings. The number of likely N-dealkylation sites (N-methyl/N-ethyl adjacent to an activating group) is 1. The number of unbranched alkanes of at least 4 members (excludes halogenated alkanes) is 7. The third-order valence-electron chi connectivity index (χ3n) is 8.86. The van der Waals surface area contributed by atoms with Gasteiger partial charge in [0.15, 0.2) is 6.10 Å². The van der Waals surface area contributed by atoms with Gasteiger partial charge in [0.05, 0.1) is 33.9 Å². The smallest absolute Gasteiger partial charge is 0.306 e. The van der Waals surface area contributed by atoms with Gasteiger partial charge in [0.2, 0.25) is 0 Å². The van der Waals surface area contributed by atoms with Gasteiger partial charge in [0.25, 0.3) is 7.82 Å². The Morgan fingerprint density at radius 1 is 0.623 bits per heavy atom. The standard InChI is InChI=1S/C50H82NO9P/c1-6-8-10-12-14-15-16-17-18-19-20-21-22-23-24-25-29-33-37-41-49(53)57-45-48(46-59-61(55,56)58-44-43-51(3,4)5)60-50(54)42-38-34-30-27-26-28-32-36-40-47(52)39-35-31-13-11-9-7-2/h9,11,14-15,17-18,20-21,23-24,27-28,30-32,35-36,40,47-48,52H,6-8,10,12-13,16,19,22,25-26,29,33-34,37-39,41-46H2,1-5H3/b11-9-,15-14-,18-17-,21-20-,24-23-,30-27-,32-28-,35-31-,40-36+/t47?,48-/m1/s1. The second kappa shape index (κ2) is 40.7. The maximum atomic E-state index is 12.7. The summed E-state index contributed by atoms with van der Waals surface area (Å²) in [6.45, 7) is 3.85. The van der Waals surface area contributed by atoms with Gasteiger partial charge in [-0.3, -0.25) is 14.2 Å². The number of hydrogen-bond donors (Lipinski definition) is 1. The molecule has 0 amide bonds. The van der Waals surface area contributed by atoms with E-state index in [1.807, 2.05) is 63.7 Å². The number of carbonyl (C=O) groups is 2. The van der Waals surface area contributed by atoms with Gasteiger partial charge in [0, 0.05) is 12.8 Å². The minimum Gasteiger partial charge on any atom is -0.756 e. The Balaban J connectivity index is 4.58. The van der Waals surface area contributed by atoms with Crippen molar-refractivity contribution in [2.75, 3.05) is 47.5 Å². The van der Waals surface area contributed by atoms with Crippen LogP contribution in [0, 0.1) is 0 Å². The Bertz CT molecular complexity index is 1420. The highest BCUT2D eigenvalue weighted by Crippen LogP contribution is 2.38. The molecule has 0 saturated carbocycles. The van der Waals surface area contributed by atoms with Gasteiger partial charge in [-0.25, -0.2) is 0 Å².